The third-order valence-electron chi connectivity index (χ3n) is 2.51. The first-order chi connectivity index (χ1) is 9.95. The van der Waals surface area contributed by atoms with E-state index in [4.69, 9.17) is 5.11 Å². The number of carboxylic acids is 1. The smallest absolute Gasteiger partial charge is 0.309 e. The molecule has 0 unspecified atom stereocenters. The third kappa shape index (κ3) is 4.06. The molecule has 5 nitrogen and oxygen atoms in total. The molecule has 2 N–H and O–H groups in total. The van der Waals surface area contributed by atoms with E-state index in [-0.39, 0.29) is 23.5 Å². The molecule has 2 aromatic rings. The largest absolute Gasteiger partial charge is 0.481 e. The first-order valence-electron chi connectivity index (χ1n) is 5.84. The lowest BCUT2D eigenvalue weighted by atomic mass is 10.1. The van der Waals surface area contributed by atoms with E-state index in [1.54, 1.807) is 0 Å². The van der Waals surface area contributed by atoms with E-state index >= 15 is 0 Å². The minimum atomic E-state index is -1.06. The fraction of sp³-hybridized carbons (Fsp3) is 0.154. The molecule has 1 aromatic carbocycles. The van der Waals surface area contributed by atoms with Gasteiger partial charge < -0.3 is 10.4 Å². The van der Waals surface area contributed by atoms with Crippen molar-refractivity contribution in [3.05, 3.63) is 46.5 Å². The number of benzene rings is 1. The first-order valence-corrected chi connectivity index (χ1v) is 6.72. The van der Waals surface area contributed by atoms with Crippen molar-refractivity contribution in [3.8, 4) is 0 Å². The van der Waals surface area contributed by atoms with Crippen molar-refractivity contribution >= 4 is 28.3 Å². The highest BCUT2D eigenvalue weighted by Crippen LogP contribution is 2.17. The highest BCUT2D eigenvalue weighted by Gasteiger charge is 2.13. The van der Waals surface area contributed by atoms with Gasteiger partial charge in [-0.1, -0.05) is 12.1 Å². The number of nitrogens with one attached hydrogen (secondary N) is 1. The molecule has 1 aromatic heterocycles. The van der Waals surface area contributed by atoms with Crippen molar-refractivity contribution < 1.29 is 23.5 Å². The van der Waals surface area contributed by atoms with Gasteiger partial charge in [0.25, 0.3) is 0 Å². The number of thiazole rings is 1. The lowest BCUT2D eigenvalue weighted by Gasteiger charge is -2.04. The average molecular weight is 312 g/mol. The van der Waals surface area contributed by atoms with Crippen LogP contribution >= 0.6 is 11.3 Å². The highest BCUT2D eigenvalue weighted by atomic mass is 32.1. The second-order valence-electron chi connectivity index (χ2n) is 4.15. The van der Waals surface area contributed by atoms with Crippen LogP contribution in [0.15, 0.2) is 23.6 Å². The van der Waals surface area contributed by atoms with E-state index in [1.807, 2.05) is 0 Å². The van der Waals surface area contributed by atoms with E-state index in [0.29, 0.717) is 5.69 Å². The molecule has 0 aliphatic heterocycles. The zero-order valence-corrected chi connectivity index (χ0v) is 11.4. The molecule has 0 atom stereocenters. The molecule has 0 fully saturated rings. The Hall–Kier alpha value is -2.35. The summed E-state index contributed by atoms with van der Waals surface area (Å²) in [5.74, 6) is -3.66. The number of hydrogen-bond donors (Lipinski definition) is 2. The maximum absolute atomic E-state index is 13.4. The summed E-state index contributed by atoms with van der Waals surface area (Å²) < 4.78 is 26.4. The van der Waals surface area contributed by atoms with Crippen LogP contribution in [0.3, 0.4) is 0 Å². The summed E-state index contributed by atoms with van der Waals surface area (Å²) in [4.78, 5) is 26.1. The van der Waals surface area contributed by atoms with Gasteiger partial charge in [0.05, 0.1) is 18.5 Å². The van der Waals surface area contributed by atoms with Gasteiger partial charge in [-0.25, -0.2) is 13.8 Å². The van der Waals surface area contributed by atoms with Crippen molar-refractivity contribution in [1.82, 2.24) is 4.98 Å². The number of carbonyl (C=O) groups excluding carboxylic acids is 1. The number of rotatable bonds is 5. The average Bonchev–Trinajstić information content (AvgIpc) is 2.81. The van der Waals surface area contributed by atoms with Gasteiger partial charge >= 0.3 is 5.97 Å². The Morgan fingerprint density at radius 2 is 2.05 bits per heavy atom. The SMILES string of the molecule is O=C(O)Cc1csc(NC(=O)Cc2cccc(F)c2F)n1. The molecule has 0 saturated carbocycles. The molecule has 0 aliphatic carbocycles. The summed E-state index contributed by atoms with van der Waals surface area (Å²) in [6.07, 6.45) is -0.581. The van der Waals surface area contributed by atoms with Crippen LogP contribution < -0.4 is 5.32 Å². The molecule has 1 amide bonds. The fourth-order valence-corrected chi connectivity index (χ4v) is 2.35. The van der Waals surface area contributed by atoms with E-state index in [2.05, 4.69) is 10.3 Å². The Morgan fingerprint density at radius 1 is 1.29 bits per heavy atom. The second-order valence-corrected chi connectivity index (χ2v) is 5.01. The molecule has 8 heteroatoms. The van der Waals surface area contributed by atoms with Gasteiger partial charge in [0.15, 0.2) is 16.8 Å². The van der Waals surface area contributed by atoms with E-state index in [0.717, 1.165) is 17.4 Å². The lowest BCUT2D eigenvalue weighted by molar-refractivity contribution is -0.136. The first kappa shape index (κ1) is 15.0. The normalized spacial score (nSPS) is 10.4. The van der Waals surface area contributed by atoms with Crippen LogP contribution in [0, 0.1) is 11.6 Å². The number of nitrogens with zero attached hydrogens (tertiary/aromatic N) is 1. The number of halogens is 2. The summed E-state index contributed by atoms with van der Waals surface area (Å²) in [6.45, 7) is 0. The second kappa shape index (κ2) is 6.40. The van der Waals surface area contributed by atoms with E-state index < -0.39 is 23.5 Å². The predicted octanol–water partition coefficient (Wildman–Crippen LogP) is 2.23. The topological polar surface area (TPSA) is 79.3 Å². The molecular formula is C13H10F2N2O3S. The van der Waals surface area contributed by atoms with Crippen LogP contribution in [0.25, 0.3) is 0 Å². The molecule has 0 aliphatic rings. The standard InChI is InChI=1S/C13H10F2N2O3S/c14-9-3-1-2-7(12(9)15)4-10(18)17-13-16-8(6-21-13)5-11(19)20/h1-3,6H,4-5H2,(H,19,20)(H,16,17,18). The molecule has 0 saturated heterocycles. The Balaban J connectivity index is 2.00. The summed E-state index contributed by atoms with van der Waals surface area (Å²) >= 11 is 1.06. The molecular weight excluding hydrogens is 302 g/mol. The zero-order chi connectivity index (χ0) is 15.4. The van der Waals surface area contributed by atoms with Crippen LogP contribution in [0.2, 0.25) is 0 Å². The van der Waals surface area contributed by atoms with Gasteiger partial charge in [-0.2, -0.15) is 0 Å². The van der Waals surface area contributed by atoms with Gasteiger partial charge in [-0.3, -0.25) is 9.59 Å². The number of anilines is 1. The number of carbonyl (C=O) groups is 2. The fourth-order valence-electron chi connectivity index (χ4n) is 1.62. The Morgan fingerprint density at radius 3 is 2.76 bits per heavy atom. The van der Waals surface area contributed by atoms with Crippen molar-refractivity contribution in [3.63, 3.8) is 0 Å². The lowest BCUT2D eigenvalue weighted by Crippen LogP contribution is -2.15. The van der Waals surface area contributed by atoms with Crippen LogP contribution in [0.1, 0.15) is 11.3 Å². The molecule has 1 heterocycles. The van der Waals surface area contributed by atoms with Crippen LogP contribution in [0.5, 0.6) is 0 Å². The summed E-state index contributed by atoms with van der Waals surface area (Å²) in [5.41, 5.74) is 0.259. The molecule has 21 heavy (non-hydrogen) atoms. The van der Waals surface area contributed by atoms with Gasteiger partial charge in [0, 0.05) is 10.9 Å². The maximum atomic E-state index is 13.4. The molecule has 0 spiro atoms. The van der Waals surface area contributed by atoms with Gasteiger partial charge in [0.2, 0.25) is 5.91 Å². The van der Waals surface area contributed by atoms with E-state index in [9.17, 15) is 18.4 Å². The number of hydrogen-bond acceptors (Lipinski definition) is 4. The van der Waals surface area contributed by atoms with Crippen molar-refractivity contribution in [2.75, 3.05) is 5.32 Å². The minimum absolute atomic E-state index is 0.0604. The molecule has 0 radical (unpaired) electrons. The van der Waals surface area contributed by atoms with Crippen LogP contribution in [-0.4, -0.2) is 22.0 Å². The van der Waals surface area contributed by atoms with Crippen molar-refractivity contribution in [1.29, 1.82) is 0 Å². The van der Waals surface area contributed by atoms with Gasteiger partial charge in [-0.15, -0.1) is 11.3 Å². The van der Waals surface area contributed by atoms with Crippen molar-refractivity contribution in [2.45, 2.75) is 12.8 Å². The molecule has 2 rings (SSSR count). The Labute approximate surface area is 122 Å². The highest BCUT2D eigenvalue weighted by molar-refractivity contribution is 7.13. The number of aromatic nitrogens is 1. The molecule has 0 bridgehead atoms. The van der Waals surface area contributed by atoms with Crippen LogP contribution in [-0.2, 0) is 22.4 Å². The maximum Gasteiger partial charge on any atom is 0.309 e. The van der Waals surface area contributed by atoms with Gasteiger partial charge in [0.1, 0.15) is 0 Å². The summed E-state index contributed by atoms with van der Waals surface area (Å²) in [7, 11) is 0. The number of carboxylic acid groups (broad SMARTS) is 1. The summed E-state index contributed by atoms with van der Waals surface area (Å²) in [5, 5.41) is 12.7. The zero-order valence-electron chi connectivity index (χ0n) is 10.6. The summed E-state index contributed by atoms with van der Waals surface area (Å²) in [6, 6.07) is 3.60. The third-order valence-corrected chi connectivity index (χ3v) is 3.32. The Kier molecular flexibility index (Phi) is 4.59. The van der Waals surface area contributed by atoms with Crippen molar-refractivity contribution in [2.24, 2.45) is 0 Å². The quantitative estimate of drug-likeness (QED) is 0.887. The van der Waals surface area contributed by atoms with Gasteiger partial charge in [-0.05, 0) is 6.07 Å². The van der Waals surface area contributed by atoms with Crippen LogP contribution in [0.4, 0.5) is 13.9 Å². The number of amides is 1. The monoisotopic (exact) mass is 312 g/mol. The predicted molar refractivity (Wildman–Crippen MR) is 72.1 cm³/mol. The Bertz CT molecular complexity index is 688. The number of aliphatic carboxylic acids is 1. The van der Waals surface area contributed by atoms with E-state index in [1.165, 1.54) is 17.5 Å². The molecule has 110 valence electrons. The minimum Gasteiger partial charge on any atom is -0.481 e.